The molecule has 5 heteroatoms. The van der Waals surface area contributed by atoms with E-state index < -0.39 is 0 Å². The second-order valence-corrected chi connectivity index (χ2v) is 6.25. The van der Waals surface area contributed by atoms with Gasteiger partial charge in [-0.15, -0.1) is 0 Å². The fraction of sp³-hybridized carbons (Fsp3) is 0.143. The molecule has 4 aromatic rings. The highest BCUT2D eigenvalue weighted by molar-refractivity contribution is 5.95. The second-order valence-electron chi connectivity index (χ2n) is 6.25. The molecule has 0 radical (unpaired) electrons. The van der Waals surface area contributed by atoms with Crippen LogP contribution in [0.4, 0.5) is 0 Å². The molecular formula is C21H19N3O2. The molecular weight excluding hydrogens is 326 g/mol. The Balaban J connectivity index is 1.66. The predicted molar refractivity (Wildman–Crippen MR) is 99.9 cm³/mol. The van der Waals surface area contributed by atoms with Crippen LogP contribution in [0.1, 0.15) is 33.5 Å². The number of aromatic nitrogens is 2. The summed E-state index contributed by atoms with van der Waals surface area (Å²) in [4.78, 5) is 20.7. The maximum Gasteiger partial charge on any atom is 0.255 e. The highest BCUT2D eigenvalue weighted by Crippen LogP contribution is 2.21. The zero-order valence-electron chi connectivity index (χ0n) is 14.4. The van der Waals surface area contributed by atoms with Gasteiger partial charge in [0.2, 0.25) is 0 Å². The molecule has 2 aromatic carbocycles. The molecule has 5 nitrogen and oxygen atoms in total. The molecule has 1 unspecified atom stereocenters. The van der Waals surface area contributed by atoms with Crippen LogP contribution >= 0.6 is 0 Å². The number of amides is 1. The standard InChI is InChI=1S/C21H19N3O2/c1-14-16(11-12-26-14)21(25)24-19(13-15-7-3-2-4-8-15)20-22-17-9-5-6-10-18(17)23-20/h2-12,19H,13H2,1H3,(H,22,23)(H,24,25). The van der Waals surface area contributed by atoms with E-state index in [0.717, 1.165) is 22.4 Å². The number of furan rings is 1. The summed E-state index contributed by atoms with van der Waals surface area (Å²) in [5.74, 6) is 1.17. The number of rotatable bonds is 5. The predicted octanol–water partition coefficient (Wildman–Crippen LogP) is 4.18. The molecule has 0 saturated heterocycles. The highest BCUT2D eigenvalue weighted by atomic mass is 16.3. The number of H-pyrrole nitrogens is 1. The molecule has 0 bridgehead atoms. The van der Waals surface area contributed by atoms with Crippen molar-refractivity contribution in [2.45, 2.75) is 19.4 Å². The van der Waals surface area contributed by atoms with Crippen LogP contribution in [0.25, 0.3) is 11.0 Å². The number of aromatic amines is 1. The van der Waals surface area contributed by atoms with Gasteiger partial charge in [-0.2, -0.15) is 0 Å². The summed E-state index contributed by atoms with van der Waals surface area (Å²) in [6.07, 6.45) is 2.17. The van der Waals surface area contributed by atoms with E-state index in [-0.39, 0.29) is 11.9 Å². The maximum atomic E-state index is 12.7. The fourth-order valence-electron chi connectivity index (χ4n) is 3.06. The summed E-state index contributed by atoms with van der Waals surface area (Å²) < 4.78 is 5.25. The number of imidazole rings is 1. The number of fused-ring (bicyclic) bond motifs is 1. The number of nitrogens with one attached hydrogen (secondary N) is 2. The summed E-state index contributed by atoms with van der Waals surface area (Å²) in [7, 11) is 0. The third kappa shape index (κ3) is 3.24. The summed E-state index contributed by atoms with van der Waals surface area (Å²) in [5.41, 5.74) is 3.50. The molecule has 26 heavy (non-hydrogen) atoms. The molecule has 0 spiro atoms. The van der Waals surface area contributed by atoms with E-state index in [4.69, 9.17) is 4.42 Å². The average molecular weight is 345 g/mol. The Hall–Kier alpha value is -3.34. The smallest absolute Gasteiger partial charge is 0.255 e. The Labute approximate surface area is 151 Å². The lowest BCUT2D eigenvalue weighted by Gasteiger charge is -2.17. The van der Waals surface area contributed by atoms with Crippen LogP contribution < -0.4 is 5.32 Å². The van der Waals surface area contributed by atoms with Crippen molar-refractivity contribution in [3.8, 4) is 0 Å². The molecule has 130 valence electrons. The highest BCUT2D eigenvalue weighted by Gasteiger charge is 2.21. The van der Waals surface area contributed by atoms with Crippen LogP contribution in [-0.2, 0) is 6.42 Å². The van der Waals surface area contributed by atoms with Gasteiger partial charge in [0.25, 0.3) is 5.91 Å². The van der Waals surface area contributed by atoms with Crippen molar-refractivity contribution in [2.24, 2.45) is 0 Å². The molecule has 2 heterocycles. The number of para-hydroxylation sites is 2. The van der Waals surface area contributed by atoms with Crippen LogP contribution in [0.15, 0.2) is 71.3 Å². The fourth-order valence-corrected chi connectivity index (χ4v) is 3.06. The van der Waals surface area contributed by atoms with Crippen molar-refractivity contribution in [1.29, 1.82) is 0 Å². The van der Waals surface area contributed by atoms with Crippen LogP contribution in [0.3, 0.4) is 0 Å². The van der Waals surface area contributed by atoms with Gasteiger partial charge in [-0.1, -0.05) is 42.5 Å². The number of carbonyl (C=O) groups excluding carboxylic acids is 1. The molecule has 0 fully saturated rings. The number of nitrogens with zero attached hydrogens (tertiary/aromatic N) is 1. The molecule has 1 amide bonds. The quantitative estimate of drug-likeness (QED) is 0.570. The van der Waals surface area contributed by atoms with Crippen molar-refractivity contribution in [1.82, 2.24) is 15.3 Å². The monoisotopic (exact) mass is 345 g/mol. The van der Waals surface area contributed by atoms with Crippen LogP contribution in [-0.4, -0.2) is 15.9 Å². The van der Waals surface area contributed by atoms with E-state index >= 15 is 0 Å². The van der Waals surface area contributed by atoms with Gasteiger partial charge in [0.1, 0.15) is 11.6 Å². The molecule has 2 N–H and O–H groups in total. The van der Waals surface area contributed by atoms with Crippen molar-refractivity contribution in [2.75, 3.05) is 0 Å². The van der Waals surface area contributed by atoms with E-state index in [1.165, 1.54) is 6.26 Å². The number of aryl methyl sites for hydroxylation is 1. The van der Waals surface area contributed by atoms with Gasteiger partial charge in [0, 0.05) is 0 Å². The third-order valence-electron chi connectivity index (χ3n) is 4.43. The van der Waals surface area contributed by atoms with Crippen LogP contribution in [0.2, 0.25) is 0 Å². The maximum absolute atomic E-state index is 12.7. The zero-order valence-corrected chi connectivity index (χ0v) is 14.4. The molecule has 4 rings (SSSR count). The summed E-state index contributed by atoms with van der Waals surface area (Å²) in [6.45, 7) is 1.78. The van der Waals surface area contributed by atoms with Gasteiger partial charge in [0.15, 0.2) is 0 Å². The van der Waals surface area contributed by atoms with E-state index in [1.54, 1.807) is 13.0 Å². The first kappa shape index (κ1) is 16.1. The Morgan fingerprint density at radius 1 is 1.12 bits per heavy atom. The Morgan fingerprint density at radius 3 is 2.62 bits per heavy atom. The van der Waals surface area contributed by atoms with E-state index in [2.05, 4.69) is 15.3 Å². The van der Waals surface area contributed by atoms with Gasteiger partial charge in [0.05, 0.1) is 28.9 Å². The average Bonchev–Trinajstić information content (AvgIpc) is 3.28. The van der Waals surface area contributed by atoms with Gasteiger partial charge in [-0.25, -0.2) is 4.98 Å². The Bertz CT molecular complexity index is 1000. The largest absolute Gasteiger partial charge is 0.469 e. The lowest BCUT2D eigenvalue weighted by Crippen LogP contribution is -2.30. The summed E-state index contributed by atoms with van der Waals surface area (Å²) in [5, 5.41) is 3.09. The number of benzene rings is 2. The Kier molecular flexibility index (Phi) is 4.27. The normalized spacial score (nSPS) is 12.2. The molecule has 0 aliphatic rings. The second kappa shape index (κ2) is 6.88. The number of hydrogen-bond acceptors (Lipinski definition) is 3. The minimum Gasteiger partial charge on any atom is -0.469 e. The minimum absolute atomic E-state index is 0.169. The molecule has 2 aromatic heterocycles. The molecule has 0 saturated carbocycles. The van der Waals surface area contributed by atoms with Crippen molar-refractivity contribution in [3.63, 3.8) is 0 Å². The molecule has 0 aliphatic heterocycles. The van der Waals surface area contributed by atoms with E-state index in [0.29, 0.717) is 17.7 Å². The summed E-state index contributed by atoms with van der Waals surface area (Å²) in [6, 6.07) is 19.3. The van der Waals surface area contributed by atoms with Crippen molar-refractivity contribution < 1.29 is 9.21 Å². The first-order valence-corrected chi connectivity index (χ1v) is 8.54. The van der Waals surface area contributed by atoms with E-state index in [9.17, 15) is 4.79 Å². The zero-order chi connectivity index (χ0) is 17.9. The van der Waals surface area contributed by atoms with Gasteiger partial charge >= 0.3 is 0 Å². The van der Waals surface area contributed by atoms with Gasteiger partial charge in [-0.05, 0) is 37.1 Å². The minimum atomic E-state index is -0.272. The van der Waals surface area contributed by atoms with Crippen LogP contribution in [0.5, 0.6) is 0 Å². The number of hydrogen-bond donors (Lipinski definition) is 2. The topological polar surface area (TPSA) is 70.9 Å². The van der Waals surface area contributed by atoms with Crippen molar-refractivity contribution >= 4 is 16.9 Å². The van der Waals surface area contributed by atoms with E-state index in [1.807, 2.05) is 54.6 Å². The van der Waals surface area contributed by atoms with Gasteiger partial charge in [-0.3, -0.25) is 4.79 Å². The van der Waals surface area contributed by atoms with Gasteiger partial charge < -0.3 is 14.7 Å². The lowest BCUT2D eigenvalue weighted by atomic mass is 10.0. The third-order valence-corrected chi connectivity index (χ3v) is 4.43. The number of carbonyl (C=O) groups is 1. The molecule has 1 atom stereocenters. The van der Waals surface area contributed by atoms with Crippen molar-refractivity contribution in [3.05, 3.63) is 89.6 Å². The summed E-state index contributed by atoms with van der Waals surface area (Å²) >= 11 is 0. The SMILES string of the molecule is Cc1occc1C(=O)NC(Cc1ccccc1)c1nc2ccccc2[nH]1. The molecule has 0 aliphatic carbocycles. The first-order chi connectivity index (χ1) is 12.7. The Morgan fingerprint density at radius 2 is 1.88 bits per heavy atom. The first-order valence-electron chi connectivity index (χ1n) is 8.54. The lowest BCUT2D eigenvalue weighted by molar-refractivity contribution is 0.0933. The van der Waals surface area contributed by atoms with Crippen LogP contribution in [0, 0.1) is 6.92 Å².